The molecule has 5 heteroatoms. The van der Waals surface area contributed by atoms with Gasteiger partial charge in [0.25, 0.3) is 0 Å². The lowest BCUT2D eigenvalue weighted by Crippen LogP contribution is -2.45. The van der Waals surface area contributed by atoms with Gasteiger partial charge in [0.2, 0.25) is 0 Å². The molecule has 1 fully saturated rings. The maximum atomic E-state index is 11.3. The Kier molecular flexibility index (Phi) is 6.66. The summed E-state index contributed by atoms with van der Waals surface area (Å²) in [4.78, 5) is 13.1. The zero-order valence-electron chi connectivity index (χ0n) is 8.78. The van der Waals surface area contributed by atoms with E-state index in [1.807, 2.05) is 6.92 Å². The van der Waals surface area contributed by atoms with Crippen molar-refractivity contribution in [3.05, 3.63) is 0 Å². The molecule has 0 bridgehead atoms. The summed E-state index contributed by atoms with van der Waals surface area (Å²) < 4.78 is 4.72. The Morgan fingerprint density at radius 1 is 1.50 bits per heavy atom. The van der Waals surface area contributed by atoms with E-state index in [0.29, 0.717) is 6.04 Å². The second kappa shape index (κ2) is 6.90. The summed E-state index contributed by atoms with van der Waals surface area (Å²) in [6, 6.07) is 0.360. The number of piperidine rings is 1. The van der Waals surface area contributed by atoms with Crippen LogP contribution in [0.5, 0.6) is 0 Å². The average Bonchev–Trinajstić information content (AvgIpc) is 2.20. The fourth-order valence-corrected chi connectivity index (χ4v) is 1.77. The first-order valence-corrected chi connectivity index (χ1v) is 4.85. The van der Waals surface area contributed by atoms with Crippen LogP contribution in [0.15, 0.2) is 0 Å². The van der Waals surface area contributed by atoms with Crippen LogP contribution in [0.4, 0.5) is 4.79 Å². The predicted octanol–water partition coefficient (Wildman–Crippen LogP) is 1.25. The van der Waals surface area contributed by atoms with Crippen molar-refractivity contribution >= 4 is 18.5 Å². The molecule has 0 aromatic carbocycles. The molecule has 1 aliphatic heterocycles. The molecule has 14 heavy (non-hydrogen) atoms. The minimum Gasteiger partial charge on any atom is -0.453 e. The molecule has 1 rings (SSSR count). The van der Waals surface area contributed by atoms with Crippen molar-refractivity contribution in [3.8, 4) is 0 Å². The second-order valence-electron chi connectivity index (χ2n) is 3.24. The highest BCUT2D eigenvalue weighted by atomic mass is 35.5. The van der Waals surface area contributed by atoms with Gasteiger partial charge in [0, 0.05) is 12.6 Å². The van der Waals surface area contributed by atoms with Crippen molar-refractivity contribution in [1.82, 2.24) is 10.2 Å². The summed E-state index contributed by atoms with van der Waals surface area (Å²) in [6.07, 6.45) is 1.86. The van der Waals surface area contributed by atoms with Crippen LogP contribution in [0.2, 0.25) is 0 Å². The zero-order chi connectivity index (χ0) is 9.68. The van der Waals surface area contributed by atoms with Gasteiger partial charge in [-0.05, 0) is 32.9 Å². The third-order valence-electron chi connectivity index (χ3n) is 2.50. The number of carbonyl (C=O) groups excluding carboxylic acids is 1. The molecular formula is C9H19ClN2O2. The van der Waals surface area contributed by atoms with Gasteiger partial charge in [0.1, 0.15) is 0 Å². The smallest absolute Gasteiger partial charge is 0.409 e. The number of hydrogen-bond acceptors (Lipinski definition) is 3. The molecular weight excluding hydrogens is 204 g/mol. The number of methoxy groups -OCH3 is 1. The molecule has 0 radical (unpaired) electrons. The van der Waals surface area contributed by atoms with Gasteiger partial charge in [-0.2, -0.15) is 0 Å². The molecule has 0 unspecified atom stereocenters. The molecule has 84 valence electrons. The highest BCUT2D eigenvalue weighted by molar-refractivity contribution is 5.85. The molecule has 1 N–H and O–H groups in total. The van der Waals surface area contributed by atoms with E-state index in [0.717, 1.165) is 32.5 Å². The molecule has 1 aliphatic rings. The summed E-state index contributed by atoms with van der Waals surface area (Å²) in [7, 11) is 1.44. The lowest BCUT2D eigenvalue weighted by Gasteiger charge is -2.32. The van der Waals surface area contributed by atoms with E-state index >= 15 is 0 Å². The first kappa shape index (κ1) is 13.5. The molecule has 4 nitrogen and oxygen atoms in total. The van der Waals surface area contributed by atoms with Crippen LogP contribution in [0.1, 0.15) is 19.8 Å². The van der Waals surface area contributed by atoms with Crippen molar-refractivity contribution in [2.24, 2.45) is 0 Å². The Bertz CT molecular complexity index is 172. The summed E-state index contributed by atoms with van der Waals surface area (Å²) in [5, 5.41) is 3.27. The SMILES string of the molecule is CCN(C(=O)OC)C1CCNCC1.Cl. The van der Waals surface area contributed by atoms with Crippen LogP contribution in [0.3, 0.4) is 0 Å². The fraction of sp³-hybridized carbons (Fsp3) is 0.889. The van der Waals surface area contributed by atoms with Crippen molar-refractivity contribution < 1.29 is 9.53 Å². The van der Waals surface area contributed by atoms with Gasteiger partial charge in [-0.15, -0.1) is 12.4 Å². The van der Waals surface area contributed by atoms with Crippen LogP contribution >= 0.6 is 12.4 Å². The first-order valence-electron chi connectivity index (χ1n) is 4.85. The van der Waals surface area contributed by atoms with Crippen LogP contribution < -0.4 is 5.32 Å². The van der Waals surface area contributed by atoms with Crippen molar-refractivity contribution in [2.45, 2.75) is 25.8 Å². The molecule has 0 aliphatic carbocycles. The van der Waals surface area contributed by atoms with Gasteiger partial charge < -0.3 is 15.0 Å². The number of hydrogen-bond donors (Lipinski definition) is 1. The van der Waals surface area contributed by atoms with E-state index in [-0.39, 0.29) is 18.5 Å². The third-order valence-corrected chi connectivity index (χ3v) is 2.50. The van der Waals surface area contributed by atoms with Gasteiger partial charge in [-0.1, -0.05) is 0 Å². The Hall–Kier alpha value is -0.480. The minimum absolute atomic E-state index is 0. The molecule has 1 heterocycles. The van der Waals surface area contributed by atoms with E-state index in [1.165, 1.54) is 7.11 Å². The number of rotatable bonds is 2. The Balaban J connectivity index is 0.00000169. The molecule has 1 saturated heterocycles. The predicted molar refractivity (Wildman–Crippen MR) is 57.9 cm³/mol. The van der Waals surface area contributed by atoms with Crippen molar-refractivity contribution in [3.63, 3.8) is 0 Å². The monoisotopic (exact) mass is 222 g/mol. The van der Waals surface area contributed by atoms with Crippen molar-refractivity contribution in [1.29, 1.82) is 0 Å². The quantitative estimate of drug-likeness (QED) is 0.765. The van der Waals surface area contributed by atoms with Gasteiger partial charge in [0.05, 0.1) is 7.11 Å². The lowest BCUT2D eigenvalue weighted by atomic mass is 10.1. The molecule has 0 atom stereocenters. The number of nitrogens with one attached hydrogen (secondary N) is 1. The lowest BCUT2D eigenvalue weighted by molar-refractivity contribution is 0.0987. The van der Waals surface area contributed by atoms with E-state index in [9.17, 15) is 4.79 Å². The normalized spacial score (nSPS) is 17.0. The topological polar surface area (TPSA) is 41.6 Å². The number of halogens is 1. The zero-order valence-corrected chi connectivity index (χ0v) is 9.60. The molecule has 0 aromatic rings. The van der Waals surface area contributed by atoms with Gasteiger partial charge in [-0.3, -0.25) is 0 Å². The number of nitrogens with zero attached hydrogens (tertiary/aromatic N) is 1. The molecule has 0 aromatic heterocycles. The Morgan fingerprint density at radius 3 is 2.50 bits per heavy atom. The van der Waals surface area contributed by atoms with Crippen molar-refractivity contribution in [2.75, 3.05) is 26.7 Å². The van der Waals surface area contributed by atoms with Crippen LogP contribution in [0.25, 0.3) is 0 Å². The summed E-state index contributed by atoms with van der Waals surface area (Å²) in [5.41, 5.74) is 0. The van der Waals surface area contributed by atoms with Gasteiger partial charge in [0.15, 0.2) is 0 Å². The van der Waals surface area contributed by atoms with Gasteiger partial charge in [-0.25, -0.2) is 4.79 Å². The Labute approximate surface area is 91.4 Å². The summed E-state index contributed by atoms with van der Waals surface area (Å²) >= 11 is 0. The van der Waals surface area contributed by atoms with Crippen LogP contribution in [-0.2, 0) is 4.74 Å². The third kappa shape index (κ3) is 3.35. The Morgan fingerprint density at radius 2 is 2.07 bits per heavy atom. The number of amides is 1. The fourth-order valence-electron chi connectivity index (χ4n) is 1.77. The minimum atomic E-state index is -0.200. The maximum absolute atomic E-state index is 11.3. The average molecular weight is 223 g/mol. The molecule has 0 spiro atoms. The molecule has 0 saturated carbocycles. The first-order chi connectivity index (χ1) is 6.29. The summed E-state index contributed by atoms with van der Waals surface area (Å²) in [6.45, 7) is 4.71. The number of carbonyl (C=O) groups is 1. The van der Waals surface area contributed by atoms with E-state index in [1.54, 1.807) is 4.90 Å². The van der Waals surface area contributed by atoms with Gasteiger partial charge >= 0.3 is 6.09 Å². The van der Waals surface area contributed by atoms with E-state index < -0.39 is 0 Å². The standard InChI is InChI=1S/C9H18N2O2.ClH/c1-3-11(9(12)13-2)8-4-6-10-7-5-8;/h8,10H,3-7H2,1-2H3;1H. The van der Waals surface area contributed by atoms with E-state index in [2.05, 4.69) is 5.32 Å². The number of ether oxygens (including phenoxy) is 1. The highest BCUT2D eigenvalue weighted by Gasteiger charge is 2.23. The van der Waals surface area contributed by atoms with E-state index in [4.69, 9.17) is 4.74 Å². The van der Waals surface area contributed by atoms with Crippen LogP contribution in [0, 0.1) is 0 Å². The molecule has 1 amide bonds. The van der Waals surface area contributed by atoms with Crippen LogP contribution in [-0.4, -0.2) is 43.8 Å². The highest BCUT2D eigenvalue weighted by Crippen LogP contribution is 2.12. The second-order valence-corrected chi connectivity index (χ2v) is 3.24. The largest absolute Gasteiger partial charge is 0.453 e. The summed E-state index contributed by atoms with van der Waals surface area (Å²) in [5.74, 6) is 0. The maximum Gasteiger partial charge on any atom is 0.409 e.